The second-order valence-corrected chi connectivity index (χ2v) is 6.17. The van der Waals surface area contributed by atoms with E-state index in [0.29, 0.717) is 19.6 Å². The van der Waals surface area contributed by atoms with Crippen molar-refractivity contribution in [1.82, 2.24) is 16.2 Å². The summed E-state index contributed by atoms with van der Waals surface area (Å²) in [6, 6.07) is 15.0. The zero-order valence-electron chi connectivity index (χ0n) is 15.6. The molecule has 0 aliphatic carbocycles. The van der Waals surface area contributed by atoms with Crippen molar-refractivity contribution in [2.45, 2.75) is 32.6 Å². The molecule has 0 spiro atoms. The van der Waals surface area contributed by atoms with Crippen molar-refractivity contribution in [3.05, 3.63) is 54.1 Å². The SMILES string of the molecule is CCOc1ccc(CC2NNC(Nc3ccc(OCC)cc3)NC2=O)cc1. The van der Waals surface area contributed by atoms with Crippen LogP contribution in [0.5, 0.6) is 11.5 Å². The van der Waals surface area contributed by atoms with Crippen LogP contribution in [0.4, 0.5) is 5.69 Å². The maximum atomic E-state index is 12.4. The van der Waals surface area contributed by atoms with Crippen molar-refractivity contribution in [3.8, 4) is 11.5 Å². The highest BCUT2D eigenvalue weighted by Crippen LogP contribution is 2.17. The van der Waals surface area contributed by atoms with Crippen molar-refractivity contribution in [1.29, 1.82) is 0 Å². The van der Waals surface area contributed by atoms with Crippen LogP contribution in [0.2, 0.25) is 0 Å². The summed E-state index contributed by atoms with van der Waals surface area (Å²) >= 11 is 0. The van der Waals surface area contributed by atoms with Gasteiger partial charge in [0, 0.05) is 5.69 Å². The molecule has 7 nitrogen and oxygen atoms in total. The standard InChI is InChI=1S/C20H26N4O3/c1-3-26-16-9-5-14(6-10-16)13-18-19(25)22-20(24-23-18)21-15-7-11-17(12-8-15)27-4-2/h5-12,18,20-21,23-24H,3-4,13H2,1-2H3,(H,22,25). The van der Waals surface area contributed by atoms with Crippen LogP contribution in [0.1, 0.15) is 19.4 Å². The van der Waals surface area contributed by atoms with E-state index in [4.69, 9.17) is 9.47 Å². The molecule has 144 valence electrons. The summed E-state index contributed by atoms with van der Waals surface area (Å²) in [5.74, 6) is 1.59. The van der Waals surface area contributed by atoms with E-state index in [0.717, 1.165) is 22.7 Å². The largest absolute Gasteiger partial charge is 0.494 e. The second kappa shape index (κ2) is 9.25. The molecule has 1 aliphatic rings. The Bertz CT molecular complexity index is 734. The Labute approximate surface area is 159 Å². The molecule has 3 rings (SSSR count). The van der Waals surface area contributed by atoms with E-state index in [1.165, 1.54) is 0 Å². The average Bonchev–Trinajstić information content (AvgIpc) is 2.67. The molecule has 0 saturated carbocycles. The molecule has 0 bridgehead atoms. The van der Waals surface area contributed by atoms with Crippen molar-refractivity contribution < 1.29 is 14.3 Å². The van der Waals surface area contributed by atoms with Gasteiger partial charge in [-0.1, -0.05) is 12.1 Å². The normalized spacial score (nSPS) is 19.3. The third-order valence-corrected chi connectivity index (χ3v) is 4.16. The lowest BCUT2D eigenvalue weighted by molar-refractivity contribution is -0.126. The Morgan fingerprint density at radius 1 is 0.889 bits per heavy atom. The lowest BCUT2D eigenvalue weighted by Crippen LogP contribution is -2.68. The maximum Gasteiger partial charge on any atom is 0.241 e. The molecule has 1 aliphatic heterocycles. The molecule has 1 amide bonds. The van der Waals surface area contributed by atoms with Gasteiger partial charge in [0.2, 0.25) is 5.91 Å². The van der Waals surface area contributed by atoms with Gasteiger partial charge >= 0.3 is 0 Å². The molecule has 1 saturated heterocycles. The molecule has 0 radical (unpaired) electrons. The third kappa shape index (κ3) is 5.35. The van der Waals surface area contributed by atoms with Crippen LogP contribution < -0.4 is 31.0 Å². The maximum absolute atomic E-state index is 12.4. The molecule has 4 N–H and O–H groups in total. The Morgan fingerprint density at radius 3 is 2.04 bits per heavy atom. The number of anilines is 1. The Balaban J connectivity index is 1.50. The van der Waals surface area contributed by atoms with Gasteiger partial charge in [0.05, 0.1) is 13.2 Å². The van der Waals surface area contributed by atoms with Crippen LogP contribution in [0.3, 0.4) is 0 Å². The van der Waals surface area contributed by atoms with Crippen LogP contribution in [-0.2, 0) is 11.2 Å². The zero-order chi connectivity index (χ0) is 19.1. The number of carbonyl (C=O) groups is 1. The highest BCUT2D eigenvalue weighted by Gasteiger charge is 2.27. The minimum atomic E-state index is -0.396. The van der Waals surface area contributed by atoms with Crippen LogP contribution in [0.15, 0.2) is 48.5 Å². The first-order valence-corrected chi connectivity index (χ1v) is 9.20. The molecule has 2 aromatic rings. The summed E-state index contributed by atoms with van der Waals surface area (Å²) in [5, 5.41) is 6.14. The van der Waals surface area contributed by atoms with E-state index in [2.05, 4.69) is 21.5 Å². The van der Waals surface area contributed by atoms with Gasteiger partial charge in [-0.3, -0.25) is 4.79 Å². The summed E-state index contributed by atoms with van der Waals surface area (Å²) in [4.78, 5) is 12.4. The van der Waals surface area contributed by atoms with E-state index in [1.54, 1.807) is 0 Å². The van der Waals surface area contributed by atoms with Crippen molar-refractivity contribution in [2.75, 3.05) is 18.5 Å². The van der Waals surface area contributed by atoms with Gasteiger partial charge in [-0.05, 0) is 62.2 Å². The van der Waals surface area contributed by atoms with Gasteiger partial charge in [0.25, 0.3) is 0 Å². The molecule has 2 aromatic carbocycles. The Morgan fingerprint density at radius 2 is 1.48 bits per heavy atom. The highest BCUT2D eigenvalue weighted by atomic mass is 16.5. The fourth-order valence-corrected chi connectivity index (χ4v) is 2.85. The first kappa shape index (κ1) is 19.0. The molecular formula is C20H26N4O3. The van der Waals surface area contributed by atoms with Gasteiger partial charge in [0.1, 0.15) is 17.5 Å². The number of benzene rings is 2. The number of hydrogen-bond acceptors (Lipinski definition) is 6. The number of hydrazine groups is 1. The van der Waals surface area contributed by atoms with E-state index >= 15 is 0 Å². The van der Waals surface area contributed by atoms with Crippen LogP contribution >= 0.6 is 0 Å². The highest BCUT2D eigenvalue weighted by molar-refractivity contribution is 5.83. The summed E-state index contributed by atoms with van der Waals surface area (Å²) in [5.41, 5.74) is 8.11. The molecule has 27 heavy (non-hydrogen) atoms. The number of carbonyl (C=O) groups excluding carboxylic acids is 1. The Hall–Kier alpha value is -2.77. The first-order valence-electron chi connectivity index (χ1n) is 9.20. The van der Waals surface area contributed by atoms with Crippen LogP contribution in [0, 0.1) is 0 Å². The third-order valence-electron chi connectivity index (χ3n) is 4.16. The van der Waals surface area contributed by atoms with Gasteiger partial charge in [-0.2, -0.15) is 0 Å². The predicted molar refractivity (Wildman–Crippen MR) is 105 cm³/mol. The van der Waals surface area contributed by atoms with E-state index < -0.39 is 6.29 Å². The van der Waals surface area contributed by atoms with Gasteiger partial charge in [0.15, 0.2) is 6.29 Å². The summed E-state index contributed by atoms with van der Waals surface area (Å²) in [6.07, 6.45) is 0.188. The lowest BCUT2D eigenvalue weighted by Gasteiger charge is -2.32. The molecule has 1 fully saturated rings. The molecule has 2 unspecified atom stereocenters. The molecule has 7 heteroatoms. The molecule has 1 heterocycles. The van der Waals surface area contributed by atoms with Crippen molar-refractivity contribution in [3.63, 3.8) is 0 Å². The van der Waals surface area contributed by atoms with Crippen molar-refractivity contribution >= 4 is 11.6 Å². The smallest absolute Gasteiger partial charge is 0.241 e. The quantitative estimate of drug-likeness (QED) is 0.569. The lowest BCUT2D eigenvalue weighted by atomic mass is 10.1. The molecule has 0 aromatic heterocycles. The molecular weight excluding hydrogens is 344 g/mol. The van der Waals surface area contributed by atoms with Crippen LogP contribution in [0.25, 0.3) is 0 Å². The predicted octanol–water partition coefficient (Wildman–Crippen LogP) is 2.01. The number of rotatable bonds is 8. The second-order valence-electron chi connectivity index (χ2n) is 6.17. The first-order chi connectivity index (χ1) is 13.2. The van der Waals surface area contributed by atoms with Gasteiger partial charge < -0.3 is 20.1 Å². The van der Waals surface area contributed by atoms with Gasteiger partial charge in [-0.15, -0.1) is 0 Å². The molecule has 2 atom stereocenters. The Kier molecular flexibility index (Phi) is 6.51. The summed E-state index contributed by atoms with van der Waals surface area (Å²) < 4.78 is 10.9. The summed E-state index contributed by atoms with van der Waals surface area (Å²) in [6.45, 7) is 5.17. The van der Waals surface area contributed by atoms with Crippen LogP contribution in [-0.4, -0.2) is 31.5 Å². The number of amides is 1. The fraction of sp³-hybridized carbons (Fsp3) is 0.350. The number of hydrogen-bond donors (Lipinski definition) is 4. The minimum Gasteiger partial charge on any atom is -0.494 e. The van der Waals surface area contributed by atoms with Crippen molar-refractivity contribution in [2.24, 2.45) is 0 Å². The fourth-order valence-electron chi connectivity index (χ4n) is 2.85. The topological polar surface area (TPSA) is 83.7 Å². The van der Waals surface area contributed by atoms with E-state index in [-0.39, 0.29) is 11.9 Å². The van der Waals surface area contributed by atoms with E-state index in [9.17, 15) is 4.79 Å². The summed E-state index contributed by atoms with van der Waals surface area (Å²) in [7, 11) is 0. The number of ether oxygens (including phenoxy) is 2. The zero-order valence-corrected chi connectivity index (χ0v) is 15.6. The minimum absolute atomic E-state index is 0.0638. The monoisotopic (exact) mass is 370 g/mol. The van der Waals surface area contributed by atoms with Gasteiger partial charge in [-0.25, -0.2) is 10.9 Å². The average molecular weight is 370 g/mol. The van der Waals surface area contributed by atoms with E-state index in [1.807, 2.05) is 62.4 Å². The number of nitrogens with one attached hydrogen (secondary N) is 4.